The largest absolute Gasteiger partial charge is 0.464 e. The van der Waals surface area contributed by atoms with Crippen LogP contribution >= 0.6 is 0 Å². The second kappa shape index (κ2) is 37.6. The minimum Gasteiger partial charge on any atom is -0.464 e. The Morgan fingerprint density at radius 3 is 1.49 bits per heavy atom. The van der Waals surface area contributed by atoms with E-state index in [0.29, 0.717) is 39.3 Å². The van der Waals surface area contributed by atoms with Crippen LogP contribution < -0.4 is 5.32 Å². The number of amides is 2. The summed E-state index contributed by atoms with van der Waals surface area (Å²) < 4.78 is 11.4. The molecule has 0 heterocycles. The van der Waals surface area contributed by atoms with Crippen LogP contribution in [-0.4, -0.2) is 86.7 Å². The number of esters is 1. The van der Waals surface area contributed by atoms with Crippen molar-refractivity contribution in [2.24, 2.45) is 0 Å². The fourth-order valence-electron chi connectivity index (χ4n) is 6.22. The van der Waals surface area contributed by atoms with Crippen LogP contribution in [0.4, 0.5) is 0 Å². The summed E-state index contributed by atoms with van der Waals surface area (Å²) in [6, 6.07) is 0. The summed E-state index contributed by atoms with van der Waals surface area (Å²) in [6.45, 7) is 14.4. The number of nitrogens with zero attached hydrogens (tertiary/aromatic N) is 2. The first-order valence-corrected chi connectivity index (χ1v) is 21.0. The van der Waals surface area contributed by atoms with Crippen LogP contribution in [0.5, 0.6) is 0 Å². The quantitative estimate of drug-likeness (QED) is 0.0511. The molecule has 0 spiro atoms. The molecule has 0 rings (SSSR count). The summed E-state index contributed by atoms with van der Waals surface area (Å²) in [6.07, 6.45) is 28.0. The fourth-order valence-corrected chi connectivity index (χ4v) is 6.22. The first kappa shape index (κ1) is 47.3. The topological polar surface area (TPSA) is 88.2 Å². The predicted molar refractivity (Wildman–Crippen MR) is 206 cm³/mol. The van der Waals surface area contributed by atoms with E-state index in [0.717, 1.165) is 51.7 Å². The molecule has 0 saturated carbocycles. The number of carbonyl (C=O) groups is 3. The first-order valence-electron chi connectivity index (χ1n) is 21.0. The molecule has 0 saturated heterocycles. The van der Waals surface area contributed by atoms with Gasteiger partial charge >= 0.3 is 5.97 Å². The van der Waals surface area contributed by atoms with Gasteiger partial charge in [-0.2, -0.15) is 0 Å². The molecule has 49 heavy (non-hydrogen) atoms. The summed E-state index contributed by atoms with van der Waals surface area (Å²) >= 11 is 0. The molecule has 0 unspecified atom stereocenters. The van der Waals surface area contributed by atoms with E-state index in [-0.39, 0.29) is 37.2 Å². The molecule has 0 atom stereocenters. The molecule has 0 aliphatic carbocycles. The minimum absolute atomic E-state index is 0.0955. The zero-order chi connectivity index (χ0) is 36.0. The van der Waals surface area contributed by atoms with Gasteiger partial charge in [0.2, 0.25) is 11.8 Å². The monoisotopic (exact) mass is 696 g/mol. The third kappa shape index (κ3) is 33.2. The van der Waals surface area contributed by atoms with E-state index in [4.69, 9.17) is 9.47 Å². The van der Waals surface area contributed by atoms with Crippen molar-refractivity contribution in [3.63, 3.8) is 0 Å². The molecule has 0 aromatic rings. The van der Waals surface area contributed by atoms with Crippen LogP contribution in [0, 0.1) is 0 Å². The lowest BCUT2D eigenvalue weighted by atomic mass is 10.1. The van der Waals surface area contributed by atoms with Gasteiger partial charge in [0.05, 0.1) is 13.2 Å². The lowest BCUT2D eigenvalue weighted by Gasteiger charge is -2.23. The molecular weight excluding hydrogens is 614 g/mol. The number of carbonyl (C=O) groups excluding carboxylic acids is 3. The zero-order valence-corrected chi connectivity index (χ0v) is 33.0. The number of hydrogen-bond donors (Lipinski definition) is 1. The molecule has 0 aliphatic rings. The van der Waals surface area contributed by atoms with Crippen LogP contribution in [0.3, 0.4) is 0 Å². The summed E-state index contributed by atoms with van der Waals surface area (Å²) in [5.74, 6) is -0.382. The van der Waals surface area contributed by atoms with Crippen molar-refractivity contribution in [2.45, 2.75) is 188 Å². The van der Waals surface area contributed by atoms with Gasteiger partial charge in [-0.1, -0.05) is 143 Å². The molecule has 0 aromatic heterocycles. The second-order valence-corrected chi connectivity index (χ2v) is 14.0. The van der Waals surface area contributed by atoms with Gasteiger partial charge in [0.25, 0.3) is 0 Å². The highest BCUT2D eigenvalue weighted by Gasteiger charge is 2.16. The number of nitrogens with one attached hydrogen (secondary N) is 1. The molecule has 0 fully saturated rings. The Morgan fingerprint density at radius 2 is 0.959 bits per heavy atom. The van der Waals surface area contributed by atoms with E-state index in [2.05, 4.69) is 37.9 Å². The van der Waals surface area contributed by atoms with Crippen molar-refractivity contribution < 1.29 is 23.9 Å². The van der Waals surface area contributed by atoms with Crippen molar-refractivity contribution >= 4 is 17.8 Å². The van der Waals surface area contributed by atoms with Gasteiger partial charge in [0.15, 0.2) is 0 Å². The standard InChI is InChI=1S/C41H81N3O5/c1-5-9-11-13-15-17-18-19-21-23-25-27-41(47)49-38-35-44(34-37-48-36-26-24-22-20-16-14-12-10-6-2)40(46)29-28-39(45)42-30-33-43(31-7-3)32-8-4/h5-38H2,1-4H3,(H,42,45). The van der Waals surface area contributed by atoms with E-state index >= 15 is 0 Å². The number of unbranched alkanes of at least 4 members (excludes halogenated alkanes) is 18. The van der Waals surface area contributed by atoms with E-state index < -0.39 is 0 Å². The summed E-state index contributed by atoms with van der Waals surface area (Å²) in [5.41, 5.74) is 0. The van der Waals surface area contributed by atoms with Crippen LogP contribution in [0.25, 0.3) is 0 Å². The lowest BCUT2D eigenvalue weighted by molar-refractivity contribution is -0.146. The molecule has 0 aliphatic heterocycles. The minimum atomic E-state index is -0.190. The van der Waals surface area contributed by atoms with Crippen LogP contribution in [0.15, 0.2) is 0 Å². The normalized spacial score (nSPS) is 11.3. The predicted octanol–water partition coefficient (Wildman–Crippen LogP) is 9.63. The molecule has 8 heteroatoms. The Bertz CT molecular complexity index is 745. The van der Waals surface area contributed by atoms with E-state index in [1.165, 1.54) is 109 Å². The van der Waals surface area contributed by atoms with Gasteiger partial charge in [-0.3, -0.25) is 14.4 Å². The average molecular weight is 696 g/mol. The molecule has 0 aromatic carbocycles. The Balaban J connectivity index is 4.42. The number of hydrogen-bond acceptors (Lipinski definition) is 6. The molecular formula is C41H81N3O5. The smallest absolute Gasteiger partial charge is 0.305 e. The Hall–Kier alpha value is -1.67. The Morgan fingerprint density at radius 1 is 0.469 bits per heavy atom. The van der Waals surface area contributed by atoms with E-state index in [1.54, 1.807) is 4.90 Å². The maximum atomic E-state index is 13.1. The molecule has 2 amide bonds. The lowest BCUT2D eigenvalue weighted by Crippen LogP contribution is -2.38. The summed E-state index contributed by atoms with van der Waals surface area (Å²) in [4.78, 5) is 42.1. The van der Waals surface area contributed by atoms with Crippen molar-refractivity contribution in [3.05, 3.63) is 0 Å². The summed E-state index contributed by atoms with van der Waals surface area (Å²) in [7, 11) is 0. The van der Waals surface area contributed by atoms with Gasteiger partial charge in [0, 0.05) is 45.5 Å². The van der Waals surface area contributed by atoms with Crippen LogP contribution in [0.2, 0.25) is 0 Å². The molecule has 1 N–H and O–H groups in total. The van der Waals surface area contributed by atoms with Crippen LogP contribution in [0.1, 0.15) is 188 Å². The average Bonchev–Trinajstić information content (AvgIpc) is 3.09. The highest BCUT2D eigenvalue weighted by Crippen LogP contribution is 2.13. The van der Waals surface area contributed by atoms with Gasteiger partial charge in [0.1, 0.15) is 6.61 Å². The molecule has 0 bridgehead atoms. The Kier molecular flexibility index (Phi) is 36.3. The summed E-state index contributed by atoms with van der Waals surface area (Å²) in [5, 5.41) is 2.98. The highest BCUT2D eigenvalue weighted by molar-refractivity contribution is 5.83. The van der Waals surface area contributed by atoms with Gasteiger partial charge in [-0.05, 0) is 38.8 Å². The van der Waals surface area contributed by atoms with Crippen molar-refractivity contribution in [1.29, 1.82) is 0 Å². The van der Waals surface area contributed by atoms with Crippen molar-refractivity contribution in [3.8, 4) is 0 Å². The van der Waals surface area contributed by atoms with Crippen molar-refractivity contribution in [1.82, 2.24) is 15.1 Å². The first-order chi connectivity index (χ1) is 24.0. The van der Waals surface area contributed by atoms with Gasteiger partial charge in [-0.15, -0.1) is 0 Å². The number of rotatable bonds is 38. The third-order valence-electron chi connectivity index (χ3n) is 9.25. The van der Waals surface area contributed by atoms with E-state index in [1.807, 2.05) is 0 Å². The molecule has 290 valence electrons. The van der Waals surface area contributed by atoms with Gasteiger partial charge < -0.3 is 24.6 Å². The second-order valence-electron chi connectivity index (χ2n) is 14.0. The SMILES string of the molecule is CCCCCCCCCCCCCC(=O)OCCN(CCOCCCCCCCCCCC)C(=O)CCC(=O)NCCN(CCC)CCC. The maximum Gasteiger partial charge on any atom is 0.305 e. The highest BCUT2D eigenvalue weighted by atomic mass is 16.5. The Labute approximate surface area is 303 Å². The van der Waals surface area contributed by atoms with Gasteiger partial charge in [-0.25, -0.2) is 0 Å². The maximum absolute atomic E-state index is 13.1. The van der Waals surface area contributed by atoms with E-state index in [9.17, 15) is 14.4 Å². The fraction of sp³-hybridized carbons (Fsp3) is 0.927. The van der Waals surface area contributed by atoms with Crippen LogP contribution in [-0.2, 0) is 23.9 Å². The molecule has 8 nitrogen and oxygen atoms in total. The number of ether oxygens (including phenoxy) is 2. The molecule has 0 radical (unpaired) electrons. The van der Waals surface area contributed by atoms with Crippen molar-refractivity contribution in [2.75, 3.05) is 59.1 Å². The zero-order valence-electron chi connectivity index (χ0n) is 33.0. The third-order valence-corrected chi connectivity index (χ3v) is 9.25.